The smallest absolute Gasteiger partial charge is 0.263 e. The summed E-state index contributed by atoms with van der Waals surface area (Å²) < 4.78 is 5.90. The Labute approximate surface area is 159 Å². The second-order valence-corrected chi connectivity index (χ2v) is 7.20. The van der Waals surface area contributed by atoms with Crippen LogP contribution in [0.5, 0.6) is 5.75 Å². The van der Waals surface area contributed by atoms with Gasteiger partial charge in [0.2, 0.25) is 5.91 Å². The summed E-state index contributed by atoms with van der Waals surface area (Å²) >= 11 is 6.16. The molecule has 2 saturated heterocycles. The number of nitrogens with one attached hydrogen (secondary N) is 1. The molecule has 0 saturated carbocycles. The predicted molar refractivity (Wildman–Crippen MR) is 100 cm³/mol. The molecular formula is C19H26ClN3O3. The quantitative estimate of drug-likeness (QED) is 0.849. The summed E-state index contributed by atoms with van der Waals surface area (Å²) in [6.45, 7) is 5.12. The largest absolute Gasteiger partial charge is 0.479 e. The van der Waals surface area contributed by atoms with Crippen LogP contribution in [0.4, 0.5) is 0 Å². The van der Waals surface area contributed by atoms with Crippen LogP contribution in [0.1, 0.15) is 26.2 Å². The number of piperidine rings is 1. The monoisotopic (exact) mass is 379 g/mol. The third kappa shape index (κ3) is 4.30. The predicted octanol–water partition coefficient (Wildman–Crippen LogP) is 1.92. The minimum absolute atomic E-state index is 0.0281. The van der Waals surface area contributed by atoms with Crippen LogP contribution in [-0.4, -0.2) is 66.5 Å². The molecule has 0 radical (unpaired) electrons. The van der Waals surface area contributed by atoms with Crippen LogP contribution in [-0.2, 0) is 9.59 Å². The number of hydrogen-bond acceptors (Lipinski definition) is 4. The zero-order valence-electron chi connectivity index (χ0n) is 15.1. The van der Waals surface area contributed by atoms with Crippen LogP contribution in [0.15, 0.2) is 24.3 Å². The molecule has 2 fully saturated rings. The highest BCUT2D eigenvalue weighted by atomic mass is 35.5. The van der Waals surface area contributed by atoms with Gasteiger partial charge in [0.15, 0.2) is 6.10 Å². The lowest BCUT2D eigenvalue weighted by Gasteiger charge is -2.41. The highest BCUT2D eigenvalue weighted by molar-refractivity contribution is 6.32. The number of halogens is 1. The van der Waals surface area contributed by atoms with Gasteiger partial charge in [-0.3, -0.25) is 9.59 Å². The van der Waals surface area contributed by atoms with Crippen molar-refractivity contribution in [2.24, 2.45) is 0 Å². The molecule has 6 nitrogen and oxygen atoms in total. The van der Waals surface area contributed by atoms with Gasteiger partial charge < -0.3 is 19.9 Å². The number of ether oxygens (including phenoxy) is 1. The molecular weight excluding hydrogens is 354 g/mol. The highest BCUT2D eigenvalue weighted by Crippen LogP contribution is 2.26. The van der Waals surface area contributed by atoms with E-state index in [4.69, 9.17) is 16.3 Å². The Bertz CT molecular complexity index is 655. The molecule has 0 bridgehead atoms. The summed E-state index contributed by atoms with van der Waals surface area (Å²) in [5.74, 6) is 0.620. The number of nitrogens with zero attached hydrogens (tertiary/aromatic N) is 2. The molecule has 142 valence electrons. The van der Waals surface area contributed by atoms with Crippen LogP contribution in [0, 0.1) is 0 Å². The fraction of sp³-hybridized carbons (Fsp3) is 0.579. The van der Waals surface area contributed by atoms with Crippen molar-refractivity contribution >= 4 is 23.4 Å². The maximum atomic E-state index is 13.0. The number of para-hydroxylation sites is 1. The third-order valence-electron chi connectivity index (χ3n) is 5.03. The Hall–Kier alpha value is -1.79. The molecule has 1 aromatic rings. The molecule has 2 aliphatic heterocycles. The van der Waals surface area contributed by atoms with E-state index in [0.29, 0.717) is 43.4 Å². The Morgan fingerprint density at radius 1 is 1.38 bits per heavy atom. The molecule has 3 rings (SSSR count). The molecule has 0 spiro atoms. The van der Waals surface area contributed by atoms with Gasteiger partial charge in [0.25, 0.3) is 5.91 Å². The number of piperazine rings is 1. The summed E-state index contributed by atoms with van der Waals surface area (Å²) in [6.07, 6.45) is 1.85. The van der Waals surface area contributed by atoms with Crippen molar-refractivity contribution < 1.29 is 14.3 Å². The molecule has 1 N–H and O–H groups in total. The van der Waals surface area contributed by atoms with E-state index in [2.05, 4.69) is 5.32 Å². The van der Waals surface area contributed by atoms with Crippen molar-refractivity contribution in [2.75, 3.05) is 32.7 Å². The molecule has 2 atom stereocenters. The van der Waals surface area contributed by atoms with Gasteiger partial charge in [0, 0.05) is 32.2 Å². The Kier molecular flexibility index (Phi) is 6.38. The topological polar surface area (TPSA) is 61.9 Å². The maximum absolute atomic E-state index is 13.0. The molecule has 7 heteroatoms. The summed E-state index contributed by atoms with van der Waals surface area (Å²) in [4.78, 5) is 28.9. The van der Waals surface area contributed by atoms with Crippen molar-refractivity contribution in [3.05, 3.63) is 29.3 Å². The van der Waals surface area contributed by atoms with Gasteiger partial charge in [0.1, 0.15) is 5.75 Å². The van der Waals surface area contributed by atoms with Gasteiger partial charge in [-0.05, 0) is 31.4 Å². The molecule has 1 aromatic carbocycles. The number of carbonyl (C=O) groups is 2. The number of rotatable bonds is 5. The van der Waals surface area contributed by atoms with Gasteiger partial charge in [-0.2, -0.15) is 0 Å². The van der Waals surface area contributed by atoms with E-state index in [1.54, 1.807) is 12.1 Å². The fourth-order valence-electron chi connectivity index (χ4n) is 3.62. The molecule has 0 aromatic heterocycles. The van der Waals surface area contributed by atoms with Gasteiger partial charge in [-0.15, -0.1) is 0 Å². The first-order valence-electron chi connectivity index (χ1n) is 9.30. The summed E-state index contributed by atoms with van der Waals surface area (Å²) in [5.41, 5.74) is 0. The first-order valence-corrected chi connectivity index (χ1v) is 9.68. The average molecular weight is 380 g/mol. The van der Waals surface area contributed by atoms with Crippen LogP contribution >= 0.6 is 11.6 Å². The summed E-state index contributed by atoms with van der Waals surface area (Å²) in [5, 5.41) is 3.59. The van der Waals surface area contributed by atoms with Crippen molar-refractivity contribution in [1.82, 2.24) is 15.1 Å². The molecule has 2 amide bonds. The maximum Gasteiger partial charge on any atom is 0.263 e. The number of amides is 2. The second kappa shape index (κ2) is 8.73. The molecule has 26 heavy (non-hydrogen) atoms. The van der Waals surface area contributed by atoms with E-state index in [0.717, 1.165) is 19.4 Å². The van der Waals surface area contributed by atoms with Crippen LogP contribution in [0.3, 0.4) is 0 Å². The lowest BCUT2D eigenvalue weighted by atomic mass is 10.0. The zero-order valence-corrected chi connectivity index (χ0v) is 15.9. The average Bonchev–Trinajstić information content (AvgIpc) is 2.67. The zero-order chi connectivity index (χ0) is 18.5. The van der Waals surface area contributed by atoms with Gasteiger partial charge in [-0.1, -0.05) is 30.7 Å². The number of hydrogen-bond donors (Lipinski definition) is 1. The van der Waals surface area contributed by atoms with Gasteiger partial charge in [-0.25, -0.2) is 0 Å². The Balaban J connectivity index is 1.65. The standard InChI is InChI=1S/C19H26ClN3O3/c1-2-16(26-17-8-4-3-7-15(17)20)19(25)22-10-5-6-14(13-22)23-11-9-21-12-18(23)24/h3-4,7-8,14,16,21H,2,5-6,9-13H2,1H3. The van der Waals surface area contributed by atoms with Gasteiger partial charge >= 0.3 is 0 Å². The summed E-state index contributed by atoms with van der Waals surface area (Å²) in [7, 11) is 0. The summed E-state index contributed by atoms with van der Waals surface area (Å²) in [6, 6.07) is 7.29. The minimum Gasteiger partial charge on any atom is -0.479 e. The van der Waals surface area contributed by atoms with E-state index in [-0.39, 0.29) is 17.9 Å². The third-order valence-corrected chi connectivity index (χ3v) is 5.34. The lowest BCUT2D eigenvalue weighted by molar-refractivity contribution is -0.144. The van der Waals surface area contributed by atoms with Crippen LogP contribution in [0.25, 0.3) is 0 Å². The minimum atomic E-state index is -0.563. The van der Waals surface area contributed by atoms with E-state index in [9.17, 15) is 9.59 Å². The molecule has 2 heterocycles. The van der Waals surface area contributed by atoms with Crippen molar-refractivity contribution in [3.63, 3.8) is 0 Å². The SMILES string of the molecule is CCC(Oc1ccccc1Cl)C(=O)N1CCCC(N2CCNCC2=O)C1. The number of likely N-dealkylation sites (tertiary alicyclic amines) is 1. The second-order valence-electron chi connectivity index (χ2n) is 6.79. The van der Waals surface area contributed by atoms with Crippen LogP contribution < -0.4 is 10.1 Å². The first kappa shape index (κ1) is 19.0. The number of benzene rings is 1. The molecule has 2 aliphatic rings. The Morgan fingerprint density at radius 3 is 2.92 bits per heavy atom. The van der Waals surface area contributed by atoms with E-state index < -0.39 is 6.10 Å². The van der Waals surface area contributed by atoms with E-state index >= 15 is 0 Å². The first-order chi connectivity index (χ1) is 12.6. The van der Waals surface area contributed by atoms with Crippen molar-refractivity contribution in [2.45, 2.75) is 38.3 Å². The van der Waals surface area contributed by atoms with Crippen molar-refractivity contribution in [1.29, 1.82) is 0 Å². The highest BCUT2D eigenvalue weighted by Gasteiger charge is 2.34. The van der Waals surface area contributed by atoms with Gasteiger partial charge in [0.05, 0.1) is 11.6 Å². The lowest BCUT2D eigenvalue weighted by Crippen LogP contribution is -2.58. The number of carbonyl (C=O) groups excluding carboxylic acids is 2. The van der Waals surface area contributed by atoms with E-state index in [1.165, 1.54) is 0 Å². The van der Waals surface area contributed by atoms with E-state index in [1.807, 2.05) is 28.9 Å². The normalized spacial score (nSPS) is 22.2. The molecule has 2 unspecified atom stereocenters. The Morgan fingerprint density at radius 2 is 2.19 bits per heavy atom. The van der Waals surface area contributed by atoms with Crippen molar-refractivity contribution in [3.8, 4) is 5.75 Å². The van der Waals surface area contributed by atoms with Crippen LogP contribution in [0.2, 0.25) is 5.02 Å². The fourth-order valence-corrected chi connectivity index (χ4v) is 3.80. The molecule has 0 aliphatic carbocycles.